The number of imidazole rings is 1. The number of hydrogen-bond donors (Lipinski definition) is 3. The molecule has 68 heavy (non-hydrogen) atoms. The number of halogens is 5. The Morgan fingerprint density at radius 1 is 0.676 bits per heavy atom. The fourth-order valence-electron chi connectivity index (χ4n) is 13.3. The molecule has 2 unspecified atom stereocenters. The number of hydrogen-bond acceptors (Lipinski definition) is 8. The number of aliphatic imine (C=N–C) groups is 1. The molecule has 1 aromatic heterocycles. The lowest BCUT2D eigenvalue weighted by molar-refractivity contribution is -0.137. The Hall–Kier alpha value is -5.45. The molecule has 4 amide bonds. The number of H-pyrrole nitrogens is 1. The molecule has 3 aromatic rings. The Labute approximate surface area is 394 Å². The van der Waals surface area contributed by atoms with Crippen molar-refractivity contribution in [2.45, 2.75) is 113 Å². The van der Waals surface area contributed by atoms with Crippen LogP contribution in [0.2, 0.25) is 5.15 Å². The highest BCUT2D eigenvalue weighted by Crippen LogP contribution is 2.67. The molecule has 0 radical (unpaired) electrons. The van der Waals surface area contributed by atoms with E-state index in [-0.39, 0.29) is 67.5 Å². The lowest BCUT2D eigenvalue weighted by atomic mass is 9.91. The molecule has 13 nitrogen and oxygen atoms in total. The number of ether oxygens (including phenoxy) is 2. The SMILES string of the molecule is COC(=O)NC(C(=O)N1[C@@H]2C[C@@H]2C[C@H]1C1=NC(c2ccc(-c3ccc(-c4nc([C@@H]5C[C@H]6C[C@H]6N5C(=O)C(NC(=O)OC)[C@@H]5C[C@@H]6[C@H](C5)C6(F)F)[nH]c4Cl)cc3)cc2)=C(C)C1)[C@@H]1C[C@@H]2[C@H](C1)C2(F)F. The second-order valence-electron chi connectivity index (χ2n) is 20.9. The van der Waals surface area contributed by atoms with Gasteiger partial charge in [0, 0.05) is 59.0 Å². The Morgan fingerprint density at radius 3 is 1.60 bits per heavy atom. The molecular formula is C50H52ClF4N7O6. The highest BCUT2D eigenvalue weighted by atomic mass is 35.5. The van der Waals surface area contributed by atoms with Crippen LogP contribution in [0.25, 0.3) is 28.1 Å². The van der Waals surface area contributed by atoms with Crippen molar-refractivity contribution in [3.8, 4) is 22.4 Å². The number of carbonyl (C=O) groups excluding carboxylic acids is 4. The number of fused-ring (bicyclic) bond motifs is 4. The van der Waals surface area contributed by atoms with Crippen LogP contribution in [0.5, 0.6) is 0 Å². The molecule has 6 aliphatic carbocycles. The molecule has 4 heterocycles. The molecular weight excluding hydrogens is 906 g/mol. The summed E-state index contributed by atoms with van der Waals surface area (Å²) in [6, 6.07) is 13.4. The van der Waals surface area contributed by atoms with E-state index < -0.39 is 71.7 Å². The quantitative estimate of drug-likeness (QED) is 0.162. The monoisotopic (exact) mass is 957 g/mol. The molecule has 0 spiro atoms. The largest absolute Gasteiger partial charge is 0.453 e. The summed E-state index contributed by atoms with van der Waals surface area (Å²) in [7, 11) is 2.44. The summed E-state index contributed by atoms with van der Waals surface area (Å²) < 4.78 is 66.3. The maximum Gasteiger partial charge on any atom is 0.407 e. The number of rotatable bonds is 11. The zero-order valence-electron chi connectivity index (χ0n) is 37.7. The van der Waals surface area contributed by atoms with E-state index >= 15 is 0 Å². The summed E-state index contributed by atoms with van der Waals surface area (Å²) in [5.74, 6) is -8.59. The van der Waals surface area contributed by atoms with Gasteiger partial charge in [0.25, 0.3) is 11.8 Å². The number of nitrogens with zero attached hydrogens (tertiary/aromatic N) is 4. The van der Waals surface area contributed by atoms with Crippen LogP contribution in [-0.2, 0) is 19.1 Å². The molecule has 14 atom stereocenters. The van der Waals surface area contributed by atoms with Gasteiger partial charge < -0.3 is 34.9 Å². The van der Waals surface area contributed by atoms with Crippen molar-refractivity contribution in [3.63, 3.8) is 0 Å². The fourth-order valence-corrected chi connectivity index (χ4v) is 13.5. The molecule has 3 aliphatic heterocycles. The van der Waals surface area contributed by atoms with E-state index in [1.54, 1.807) is 4.90 Å². The molecule has 8 fully saturated rings. The number of benzene rings is 2. The van der Waals surface area contributed by atoms with Crippen LogP contribution in [0.1, 0.15) is 82.1 Å². The van der Waals surface area contributed by atoms with Crippen molar-refractivity contribution in [3.05, 3.63) is 70.6 Å². The number of aromatic amines is 1. The number of alkyl halides is 4. The smallest absolute Gasteiger partial charge is 0.407 e. The molecule has 9 aliphatic rings. The van der Waals surface area contributed by atoms with E-state index in [9.17, 15) is 36.7 Å². The Bertz CT molecular complexity index is 2670. The highest BCUT2D eigenvalue weighted by molar-refractivity contribution is 6.32. The number of carbonyl (C=O) groups is 4. The third-order valence-corrected chi connectivity index (χ3v) is 17.5. The van der Waals surface area contributed by atoms with Gasteiger partial charge in [0.05, 0.1) is 32.0 Å². The van der Waals surface area contributed by atoms with Gasteiger partial charge in [0.15, 0.2) is 0 Å². The molecule has 358 valence electrons. The zero-order valence-corrected chi connectivity index (χ0v) is 38.4. The van der Waals surface area contributed by atoms with Crippen molar-refractivity contribution in [2.75, 3.05) is 14.2 Å². The van der Waals surface area contributed by atoms with E-state index in [2.05, 4.69) is 15.6 Å². The lowest BCUT2D eigenvalue weighted by Gasteiger charge is -2.34. The minimum Gasteiger partial charge on any atom is -0.453 e. The van der Waals surface area contributed by atoms with Gasteiger partial charge in [-0.3, -0.25) is 14.6 Å². The van der Waals surface area contributed by atoms with Crippen LogP contribution in [-0.4, -0.2) is 106 Å². The lowest BCUT2D eigenvalue weighted by Crippen LogP contribution is -2.55. The summed E-state index contributed by atoms with van der Waals surface area (Å²) in [6.45, 7) is 2.05. The summed E-state index contributed by atoms with van der Waals surface area (Å²) in [5, 5.41) is 5.73. The topological polar surface area (TPSA) is 158 Å². The normalized spacial score (nSPS) is 34.6. The molecule has 3 N–H and O–H groups in total. The van der Waals surface area contributed by atoms with Crippen LogP contribution in [0.15, 0.2) is 59.1 Å². The van der Waals surface area contributed by atoms with E-state index in [4.69, 9.17) is 31.1 Å². The van der Waals surface area contributed by atoms with Crippen LogP contribution in [0.4, 0.5) is 27.2 Å². The standard InChI is InChI=1S/C50H52ClF4N7O6/c1-21-12-34(37-19-26-17-35(26)61(37)45(63)41(58-47(65)67-2)28-13-30-31(14-28)49(30,52)53)56-39(21)24-8-4-22(5-9-24)23-6-10-25(11-7-23)40-43(51)60-44(57-40)38-20-27-18-36(27)62(38)46(64)42(59-48(66)68-3)29-15-32-33(16-29)50(32,54)55/h4-11,26-33,35-38,41-42H,12-20H2,1-3H3,(H,57,60)(H,58,65)(H,59,66)/t26-,27-,28-,29-,30-,31+,32-,33+,35-,36-,37+,38+,41?,42?/m1/s1. The maximum absolute atomic E-state index is 14.4. The van der Waals surface area contributed by atoms with Crippen LogP contribution in [0, 0.1) is 47.3 Å². The molecule has 12 rings (SSSR count). The first-order valence-corrected chi connectivity index (χ1v) is 24.3. The second-order valence-corrected chi connectivity index (χ2v) is 21.3. The van der Waals surface area contributed by atoms with Gasteiger partial charge in [-0.05, 0) is 98.7 Å². The second kappa shape index (κ2) is 15.5. The van der Waals surface area contributed by atoms with Gasteiger partial charge >= 0.3 is 12.2 Å². The van der Waals surface area contributed by atoms with Crippen LogP contribution >= 0.6 is 11.6 Å². The van der Waals surface area contributed by atoms with Crippen molar-refractivity contribution in [1.29, 1.82) is 0 Å². The number of likely N-dealkylation sites (tertiary alicyclic amines) is 2. The number of amides is 4. The van der Waals surface area contributed by atoms with Gasteiger partial charge in [-0.1, -0.05) is 60.1 Å². The predicted octanol–water partition coefficient (Wildman–Crippen LogP) is 8.66. The van der Waals surface area contributed by atoms with Gasteiger partial charge in [-0.15, -0.1) is 0 Å². The van der Waals surface area contributed by atoms with Gasteiger partial charge in [-0.25, -0.2) is 32.1 Å². The number of piperidine rings is 2. The van der Waals surface area contributed by atoms with E-state index in [0.717, 1.165) is 58.5 Å². The first-order valence-electron chi connectivity index (χ1n) is 23.9. The molecule has 6 saturated carbocycles. The summed E-state index contributed by atoms with van der Waals surface area (Å²) >= 11 is 6.80. The van der Waals surface area contributed by atoms with Crippen LogP contribution < -0.4 is 10.6 Å². The number of alkyl carbamates (subject to hydrolysis) is 2. The van der Waals surface area contributed by atoms with Gasteiger partial charge in [0.2, 0.25) is 11.8 Å². The Kier molecular flexibility index (Phi) is 10.0. The number of allylic oxidation sites excluding steroid dienone is 1. The average molecular weight is 958 g/mol. The third kappa shape index (κ3) is 7.05. The summed E-state index contributed by atoms with van der Waals surface area (Å²) in [4.78, 5) is 70.4. The average Bonchev–Trinajstić information content (AvgIpc) is 4.07. The highest BCUT2D eigenvalue weighted by Gasteiger charge is 2.74. The van der Waals surface area contributed by atoms with Crippen molar-refractivity contribution >= 4 is 47.0 Å². The fraction of sp³-hybridized carbons (Fsp3) is 0.560. The minimum atomic E-state index is -2.71. The van der Waals surface area contributed by atoms with Crippen molar-refractivity contribution in [2.24, 2.45) is 52.3 Å². The van der Waals surface area contributed by atoms with E-state index in [1.165, 1.54) is 14.2 Å². The van der Waals surface area contributed by atoms with E-state index in [1.807, 2.05) is 60.4 Å². The molecule has 18 heteroatoms. The Balaban J connectivity index is 0.723. The first-order chi connectivity index (χ1) is 32.5. The zero-order chi connectivity index (χ0) is 47.3. The molecule has 2 saturated heterocycles. The molecule has 0 bridgehead atoms. The van der Waals surface area contributed by atoms with Crippen molar-refractivity contribution in [1.82, 2.24) is 30.4 Å². The first kappa shape index (κ1) is 43.8. The van der Waals surface area contributed by atoms with Crippen molar-refractivity contribution < 1.29 is 46.2 Å². The van der Waals surface area contributed by atoms with Gasteiger partial charge in [-0.2, -0.15) is 0 Å². The summed E-state index contributed by atoms with van der Waals surface area (Å²) in [5.41, 5.74) is 7.03. The predicted molar refractivity (Wildman–Crippen MR) is 240 cm³/mol. The van der Waals surface area contributed by atoms with Crippen LogP contribution in [0.3, 0.4) is 0 Å². The minimum absolute atomic E-state index is 0.0295. The van der Waals surface area contributed by atoms with Gasteiger partial charge in [0.1, 0.15) is 28.8 Å². The maximum atomic E-state index is 14.4. The summed E-state index contributed by atoms with van der Waals surface area (Å²) in [6.07, 6.45) is 2.96. The number of aromatic nitrogens is 2. The number of nitrogens with one attached hydrogen (secondary N) is 3. The Morgan fingerprint density at radius 2 is 1.12 bits per heavy atom. The van der Waals surface area contributed by atoms with E-state index in [0.29, 0.717) is 35.4 Å². The molecule has 2 aromatic carbocycles. The number of methoxy groups -OCH3 is 2. The third-order valence-electron chi connectivity index (χ3n) is 17.2.